The van der Waals surface area contributed by atoms with Gasteiger partial charge in [-0.1, -0.05) is 12.1 Å². The Bertz CT molecular complexity index is 775. The van der Waals surface area contributed by atoms with Crippen molar-refractivity contribution in [2.45, 2.75) is 25.9 Å². The van der Waals surface area contributed by atoms with Crippen molar-refractivity contribution >= 4 is 22.9 Å². The van der Waals surface area contributed by atoms with Crippen LogP contribution in [-0.4, -0.2) is 41.6 Å². The maximum atomic E-state index is 12.9. The van der Waals surface area contributed by atoms with Crippen LogP contribution in [0.2, 0.25) is 0 Å². The Labute approximate surface area is 154 Å². The molecule has 1 aromatic heterocycles. The Hall–Kier alpha value is -1.93. The van der Waals surface area contributed by atoms with Gasteiger partial charge in [0.2, 0.25) is 5.91 Å². The zero-order chi connectivity index (χ0) is 18.7. The maximum Gasteiger partial charge on any atom is 0.393 e. The van der Waals surface area contributed by atoms with E-state index in [-0.39, 0.29) is 25.4 Å². The number of likely N-dealkylation sites (tertiary alicyclic amines) is 1. The van der Waals surface area contributed by atoms with E-state index in [4.69, 9.17) is 0 Å². The van der Waals surface area contributed by atoms with Crippen LogP contribution in [0.3, 0.4) is 0 Å². The van der Waals surface area contributed by atoms with Gasteiger partial charge in [0.1, 0.15) is 0 Å². The number of rotatable bonds is 4. The van der Waals surface area contributed by atoms with Crippen LogP contribution in [0.4, 0.5) is 18.9 Å². The number of carbonyl (C=O) groups excluding carboxylic acids is 1. The van der Waals surface area contributed by atoms with Crippen LogP contribution >= 0.6 is 11.3 Å². The molecule has 140 valence electrons. The third-order valence-corrected chi connectivity index (χ3v) is 5.17. The Kier molecular flexibility index (Phi) is 5.62. The number of benzene rings is 1. The van der Waals surface area contributed by atoms with E-state index in [0.717, 1.165) is 16.3 Å². The number of aromatic nitrogens is 1. The number of halogens is 3. The van der Waals surface area contributed by atoms with Crippen LogP contribution in [0.5, 0.6) is 0 Å². The van der Waals surface area contributed by atoms with Crippen molar-refractivity contribution in [3.63, 3.8) is 0 Å². The number of alkyl halides is 3. The Balaban J connectivity index is 1.60. The fraction of sp³-hybridized carbons (Fsp3) is 0.444. The van der Waals surface area contributed by atoms with Crippen molar-refractivity contribution < 1.29 is 18.0 Å². The minimum atomic E-state index is -4.20. The van der Waals surface area contributed by atoms with E-state index in [9.17, 15) is 18.0 Å². The first-order valence-electron chi connectivity index (χ1n) is 8.43. The lowest BCUT2D eigenvalue weighted by atomic mass is 9.97. The molecule has 1 N–H and O–H groups in total. The van der Waals surface area contributed by atoms with Crippen molar-refractivity contribution in [3.8, 4) is 11.3 Å². The van der Waals surface area contributed by atoms with Crippen LogP contribution < -0.4 is 5.32 Å². The van der Waals surface area contributed by atoms with Crippen molar-refractivity contribution in [2.24, 2.45) is 5.92 Å². The molecular formula is C18H20F3N3OS. The van der Waals surface area contributed by atoms with E-state index in [1.165, 1.54) is 0 Å². The van der Waals surface area contributed by atoms with Crippen LogP contribution in [0, 0.1) is 12.8 Å². The lowest BCUT2D eigenvalue weighted by Gasteiger charge is -2.33. The quantitative estimate of drug-likeness (QED) is 0.855. The first kappa shape index (κ1) is 18.8. The van der Waals surface area contributed by atoms with Gasteiger partial charge in [-0.05, 0) is 38.4 Å². The fourth-order valence-corrected chi connectivity index (χ4v) is 3.74. The average molecular weight is 383 g/mol. The fourth-order valence-electron chi connectivity index (χ4n) is 3.12. The van der Waals surface area contributed by atoms with Gasteiger partial charge in [-0.15, -0.1) is 11.3 Å². The SMILES string of the molecule is Cc1nc(-c2cccc(NC(=O)CN3CCCC(C(F)(F)F)C3)c2)cs1. The molecule has 26 heavy (non-hydrogen) atoms. The standard InChI is InChI=1S/C18H20F3N3OS/c1-12-22-16(11-26-12)13-4-2-6-15(8-13)23-17(25)10-24-7-3-5-14(9-24)18(19,20)21/h2,4,6,8,11,14H,3,5,7,9-10H2,1H3,(H,23,25). The summed E-state index contributed by atoms with van der Waals surface area (Å²) in [6.07, 6.45) is -3.61. The van der Waals surface area contributed by atoms with Gasteiger partial charge in [-0.25, -0.2) is 4.98 Å². The summed E-state index contributed by atoms with van der Waals surface area (Å²) in [5, 5.41) is 5.68. The molecule has 2 aromatic rings. The monoisotopic (exact) mass is 383 g/mol. The molecule has 1 fully saturated rings. The molecule has 8 heteroatoms. The molecule has 0 radical (unpaired) electrons. The summed E-state index contributed by atoms with van der Waals surface area (Å²) in [5.74, 6) is -1.65. The lowest BCUT2D eigenvalue weighted by Crippen LogP contribution is -2.44. The Morgan fingerprint density at radius 1 is 1.42 bits per heavy atom. The second-order valence-corrected chi connectivity index (χ2v) is 7.56. The summed E-state index contributed by atoms with van der Waals surface area (Å²) in [5.41, 5.74) is 2.34. The molecule has 1 unspecified atom stereocenters. The average Bonchev–Trinajstić information content (AvgIpc) is 3.01. The van der Waals surface area contributed by atoms with Crippen LogP contribution in [0.1, 0.15) is 17.8 Å². The summed E-state index contributed by atoms with van der Waals surface area (Å²) >= 11 is 1.55. The lowest BCUT2D eigenvalue weighted by molar-refractivity contribution is -0.186. The van der Waals surface area contributed by atoms with E-state index in [1.54, 1.807) is 22.3 Å². The first-order valence-corrected chi connectivity index (χ1v) is 9.31. The molecule has 0 aliphatic carbocycles. The van der Waals surface area contributed by atoms with Gasteiger partial charge in [0.05, 0.1) is 23.2 Å². The highest BCUT2D eigenvalue weighted by Crippen LogP contribution is 2.33. The number of hydrogen-bond donors (Lipinski definition) is 1. The number of nitrogens with one attached hydrogen (secondary N) is 1. The number of amides is 1. The third kappa shape index (κ3) is 4.82. The number of carbonyl (C=O) groups is 1. The van der Waals surface area contributed by atoms with Crippen LogP contribution in [-0.2, 0) is 4.79 Å². The molecule has 0 spiro atoms. The maximum absolute atomic E-state index is 12.9. The third-order valence-electron chi connectivity index (χ3n) is 4.40. The van der Waals surface area contributed by atoms with Crippen LogP contribution in [0.25, 0.3) is 11.3 Å². The van der Waals surface area contributed by atoms with E-state index in [2.05, 4.69) is 10.3 Å². The van der Waals surface area contributed by atoms with Gasteiger partial charge < -0.3 is 5.32 Å². The minimum Gasteiger partial charge on any atom is -0.325 e. The topological polar surface area (TPSA) is 45.2 Å². The van der Waals surface area contributed by atoms with Gasteiger partial charge in [0, 0.05) is 23.2 Å². The van der Waals surface area contributed by atoms with E-state index < -0.39 is 12.1 Å². The molecule has 4 nitrogen and oxygen atoms in total. The number of piperidine rings is 1. The summed E-state index contributed by atoms with van der Waals surface area (Å²) in [6, 6.07) is 7.30. The summed E-state index contributed by atoms with van der Waals surface area (Å²) < 4.78 is 38.6. The Morgan fingerprint density at radius 2 is 2.23 bits per heavy atom. The van der Waals surface area contributed by atoms with Gasteiger partial charge in [0.15, 0.2) is 0 Å². The molecule has 1 atom stereocenters. The van der Waals surface area contributed by atoms with Crippen molar-refractivity contribution in [3.05, 3.63) is 34.7 Å². The molecule has 3 rings (SSSR count). The zero-order valence-electron chi connectivity index (χ0n) is 14.3. The predicted molar refractivity (Wildman–Crippen MR) is 96.1 cm³/mol. The second kappa shape index (κ2) is 7.75. The van der Waals surface area contributed by atoms with Gasteiger partial charge in [0.25, 0.3) is 0 Å². The highest BCUT2D eigenvalue weighted by Gasteiger charge is 2.41. The number of aryl methyl sites for hydroxylation is 1. The molecule has 1 amide bonds. The smallest absolute Gasteiger partial charge is 0.325 e. The van der Waals surface area contributed by atoms with Crippen molar-refractivity contribution in [1.29, 1.82) is 0 Å². The number of nitrogens with zero attached hydrogens (tertiary/aromatic N) is 2. The molecular weight excluding hydrogens is 363 g/mol. The normalized spacial score (nSPS) is 18.7. The Morgan fingerprint density at radius 3 is 2.92 bits per heavy atom. The minimum absolute atomic E-state index is 0.0351. The molecule has 1 aromatic carbocycles. The number of thiazole rings is 1. The molecule has 1 saturated heterocycles. The van der Waals surface area contributed by atoms with Gasteiger partial charge in [-0.2, -0.15) is 13.2 Å². The number of anilines is 1. The van der Waals surface area contributed by atoms with Crippen LogP contribution in [0.15, 0.2) is 29.6 Å². The molecule has 0 bridgehead atoms. The number of hydrogen-bond acceptors (Lipinski definition) is 4. The summed E-state index contributed by atoms with van der Waals surface area (Å²) in [6.45, 7) is 2.28. The largest absolute Gasteiger partial charge is 0.393 e. The highest BCUT2D eigenvalue weighted by molar-refractivity contribution is 7.09. The summed E-state index contributed by atoms with van der Waals surface area (Å²) in [4.78, 5) is 18.2. The zero-order valence-corrected chi connectivity index (χ0v) is 15.2. The molecule has 2 heterocycles. The van der Waals surface area contributed by atoms with Gasteiger partial charge >= 0.3 is 6.18 Å². The highest BCUT2D eigenvalue weighted by atomic mass is 32.1. The predicted octanol–water partition coefficient (Wildman–Crippen LogP) is 4.33. The van der Waals surface area contributed by atoms with Gasteiger partial charge in [-0.3, -0.25) is 9.69 Å². The molecule has 1 aliphatic heterocycles. The second-order valence-electron chi connectivity index (χ2n) is 6.50. The molecule has 1 aliphatic rings. The first-order chi connectivity index (χ1) is 12.3. The molecule has 0 saturated carbocycles. The van der Waals surface area contributed by atoms with E-state index in [1.807, 2.05) is 30.5 Å². The van der Waals surface area contributed by atoms with Crippen molar-refractivity contribution in [1.82, 2.24) is 9.88 Å². The summed E-state index contributed by atoms with van der Waals surface area (Å²) in [7, 11) is 0. The van der Waals surface area contributed by atoms with E-state index >= 15 is 0 Å². The van der Waals surface area contributed by atoms with Crippen molar-refractivity contribution in [2.75, 3.05) is 25.0 Å². The van der Waals surface area contributed by atoms with E-state index in [0.29, 0.717) is 18.7 Å².